The van der Waals surface area contributed by atoms with Crippen molar-refractivity contribution in [3.8, 4) is 5.88 Å². The first-order valence-electron chi connectivity index (χ1n) is 7.90. The van der Waals surface area contributed by atoms with Gasteiger partial charge in [0.15, 0.2) is 0 Å². The third-order valence-electron chi connectivity index (χ3n) is 3.89. The van der Waals surface area contributed by atoms with Crippen LogP contribution in [0.15, 0.2) is 30.3 Å². The molecule has 0 radical (unpaired) electrons. The van der Waals surface area contributed by atoms with Crippen LogP contribution in [0.25, 0.3) is 10.9 Å². The van der Waals surface area contributed by atoms with Crippen molar-refractivity contribution in [3.05, 3.63) is 35.9 Å². The Kier molecular flexibility index (Phi) is 6.09. The smallest absolute Gasteiger partial charge is 0.378 e. The van der Waals surface area contributed by atoms with Gasteiger partial charge in [0.25, 0.3) is 0 Å². The predicted octanol–water partition coefficient (Wildman–Crippen LogP) is 2.67. The molecule has 6 nitrogen and oxygen atoms in total. The van der Waals surface area contributed by atoms with Crippen molar-refractivity contribution in [2.24, 2.45) is 0 Å². The number of alkyl halides is 3. The van der Waals surface area contributed by atoms with Crippen molar-refractivity contribution < 1.29 is 30.9 Å². The van der Waals surface area contributed by atoms with Crippen LogP contribution < -0.4 is 4.18 Å². The van der Waals surface area contributed by atoms with Gasteiger partial charge in [-0.2, -0.15) is 21.6 Å². The number of para-hydroxylation sites is 1. The molecule has 0 bridgehead atoms. The summed E-state index contributed by atoms with van der Waals surface area (Å²) in [6.45, 7) is 5.02. The number of pyridine rings is 1. The molecule has 1 heterocycles. The minimum absolute atomic E-state index is 0.182. The van der Waals surface area contributed by atoms with E-state index in [1.807, 2.05) is 13.8 Å². The summed E-state index contributed by atoms with van der Waals surface area (Å²) in [7, 11) is -5.80. The van der Waals surface area contributed by atoms with Crippen LogP contribution in [0.4, 0.5) is 13.2 Å². The minimum Gasteiger partial charge on any atom is -0.378 e. The van der Waals surface area contributed by atoms with Crippen molar-refractivity contribution in [2.45, 2.75) is 32.0 Å². The molecule has 0 spiro atoms. The van der Waals surface area contributed by atoms with Gasteiger partial charge in [-0.3, -0.25) is 4.90 Å². The van der Waals surface area contributed by atoms with E-state index < -0.39 is 27.7 Å². The van der Waals surface area contributed by atoms with E-state index in [-0.39, 0.29) is 11.9 Å². The Morgan fingerprint density at radius 3 is 2.42 bits per heavy atom. The van der Waals surface area contributed by atoms with Crippen LogP contribution in [0.5, 0.6) is 5.88 Å². The number of rotatable bonds is 7. The van der Waals surface area contributed by atoms with Crippen molar-refractivity contribution in [2.75, 3.05) is 13.1 Å². The van der Waals surface area contributed by atoms with Gasteiger partial charge in [-0.05, 0) is 24.7 Å². The summed E-state index contributed by atoms with van der Waals surface area (Å²) < 4.78 is 63.8. The third kappa shape index (κ3) is 4.43. The van der Waals surface area contributed by atoms with Crippen LogP contribution in [0, 0.1) is 0 Å². The third-order valence-corrected chi connectivity index (χ3v) is 4.85. The largest absolute Gasteiger partial charge is 0.534 e. The van der Waals surface area contributed by atoms with Crippen LogP contribution in [-0.4, -0.2) is 48.2 Å². The van der Waals surface area contributed by atoms with Crippen LogP contribution in [0.2, 0.25) is 0 Å². The highest BCUT2D eigenvalue weighted by Gasteiger charge is 2.48. The summed E-state index contributed by atoms with van der Waals surface area (Å²) in [5.41, 5.74) is -4.70. The van der Waals surface area contributed by atoms with Crippen molar-refractivity contribution >= 4 is 21.0 Å². The molecule has 0 aliphatic heterocycles. The predicted molar refractivity (Wildman–Crippen MR) is 90.0 cm³/mol. The fraction of sp³-hybridized carbons (Fsp3) is 0.438. The molecule has 26 heavy (non-hydrogen) atoms. The summed E-state index contributed by atoms with van der Waals surface area (Å²) in [4.78, 5) is 5.71. The van der Waals surface area contributed by atoms with Crippen LogP contribution in [-0.2, 0) is 16.5 Å². The second-order valence-corrected chi connectivity index (χ2v) is 7.07. The summed E-state index contributed by atoms with van der Waals surface area (Å²) >= 11 is 0. The van der Waals surface area contributed by atoms with Gasteiger partial charge in [0.05, 0.1) is 5.52 Å². The van der Waals surface area contributed by atoms with E-state index >= 15 is 0 Å². The summed E-state index contributed by atoms with van der Waals surface area (Å²) in [5, 5.41) is 10.9. The lowest BCUT2D eigenvalue weighted by atomic mass is 10.1. The van der Waals surface area contributed by atoms with E-state index in [0.29, 0.717) is 24.0 Å². The second kappa shape index (κ2) is 7.77. The number of hydrogen-bond donors (Lipinski definition) is 1. The highest BCUT2D eigenvalue weighted by atomic mass is 32.2. The summed E-state index contributed by atoms with van der Waals surface area (Å²) in [6, 6.07) is 7.54. The maximum absolute atomic E-state index is 12.5. The highest BCUT2D eigenvalue weighted by molar-refractivity contribution is 7.87. The first kappa shape index (κ1) is 20.4. The van der Waals surface area contributed by atoms with E-state index in [4.69, 9.17) is 0 Å². The average Bonchev–Trinajstić information content (AvgIpc) is 2.55. The second-order valence-electron chi connectivity index (χ2n) is 5.53. The molecular weight excluding hydrogens is 373 g/mol. The van der Waals surface area contributed by atoms with Gasteiger partial charge >= 0.3 is 15.6 Å². The lowest BCUT2D eigenvalue weighted by Crippen LogP contribution is -2.36. The number of aromatic nitrogens is 1. The van der Waals surface area contributed by atoms with Gasteiger partial charge in [-0.25, -0.2) is 4.98 Å². The first-order chi connectivity index (χ1) is 12.1. The summed E-state index contributed by atoms with van der Waals surface area (Å²) in [6.07, 6.45) is -0.623. The molecule has 0 aliphatic rings. The van der Waals surface area contributed by atoms with Crippen LogP contribution in [0.1, 0.15) is 19.4 Å². The number of benzene rings is 1. The van der Waals surface area contributed by atoms with E-state index in [2.05, 4.69) is 9.17 Å². The molecule has 2 aromatic rings. The van der Waals surface area contributed by atoms with Crippen LogP contribution in [0.3, 0.4) is 0 Å². The Labute approximate surface area is 149 Å². The Morgan fingerprint density at radius 2 is 1.85 bits per heavy atom. The molecule has 1 unspecified atom stereocenters. The fourth-order valence-corrected chi connectivity index (χ4v) is 2.94. The number of hydrogen-bond acceptors (Lipinski definition) is 6. The number of aliphatic hydroxyl groups excluding tert-OH is 1. The Balaban J connectivity index is 2.39. The van der Waals surface area contributed by atoms with Crippen molar-refractivity contribution in [1.82, 2.24) is 9.88 Å². The molecule has 144 valence electrons. The molecule has 0 aliphatic carbocycles. The maximum atomic E-state index is 12.5. The molecule has 0 saturated carbocycles. The number of nitrogens with zero attached hydrogens (tertiary/aromatic N) is 2. The zero-order valence-electron chi connectivity index (χ0n) is 14.2. The molecule has 2 rings (SSSR count). The van der Waals surface area contributed by atoms with Crippen molar-refractivity contribution in [3.63, 3.8) is 0 Å². The monoisotopic (exact) mass is 392 g/mol. The SMILES string of the molecule is CCN(CC)C(O)Cc1cccc2ccc(OS(=O)(=O)C(F)(F)F)nc12. The number of halogens is 3. The Morgan fingerprint density at radius 1 is 1.19 bits per heavy atom. The van der Waals surface area contributed by atoms with E-state index in [1.165, 1.54) is 6.07 Å². The molecule has 1 N–H and O–H groups in total. The van der Waals surface area contributed by atoms with Gasteiger partial charge in [0, 0.05) is 17.9 Å². The topological polar surface area (TPSA) is 79.7 Å². The normalized spacial score (nSPS) is 14.0. The molecule has 0 saturated heterocycles. The van der Waals surface area contributed by atoms with E-state index in [1.54, 1.807) is 23.1 Å². The van der Waals surface area contributed by atoms with Gasteiger partial charge in [-0.1, -0.05) is 32.0 Å². The minimum atomic E-state index is -5.80. The zero-order valence-corrected chi connectivity index (χ0v) is 15.0. The van der Waals surface area contributed by atoms with Gasteiger partial charge < -0.3 is 9.29 Å². The lowest BCUT2D eigenvalue weighted by Gasteiger charge is -2.25. The Bertz CT molecular complexity index is 867. The average molecular weight is 392 g/mol. The standard InChI is InChI=1S/C16H19F3N2O4S/c1-3-21(4-2)14(22)10-12-7-5-6-11-8-9-13(20-15(11)12)25-26(23,24)16(17,18)19/h5-9,14,22H,3-4,10H2,1-2H3. The number of aliphatic hydroxyl groups is 1. The molecule has 0 fully saturated rings. The molecule has 1 aromatic carbocycles. The zero-order chi connectivity index (χ0) is 19.5. The van der Waals surface area contributed by atoms with Crippen LogP contribution >= 0.6 is 0 Å². The van der Waals surface area contributed by atoms with E-state index in [0.717, 1.165) is 6.07 Å². The lowest BCUT2D eigenvalue weighted by molar-refractivity contribution is -0.0501. The molecule has 10 heteroatoms. The molecule has 0 amide bonds. The molecule has 1 aromatic heterocycles. The quantitative estimate of drug-likeness (QED) is 0.443. The van der Waals surface area contributed by atoms with Gasteiger partial charge in [0.2, 0.25) is 5.88 Å². The van der Waals surface area contributed by atoms with Gasteiger partial charge in [-0.15, -0.1) is 0 Å². The highest BCUT2D eigenvalue weighted by Crippen LogP contribution is 2.28. The fourth-order valence-electron chi connectivity index (χ4n) is 2.53. The number of likely N-dealkylation sites (N-methyl/N-ethyl adjacent to an activating group) is 1. The maximum Gasteiger partial charge on any atom is 0.534 e. The van der Waals surface area contributed by atoms with E-state index in [9.17, 15) is 26.7 Å². The molecular formula is C16H19F3N2O4S. The Hall–Kier alpha value is -1.91. The summed E-state index contributed by atoms with van der Waals surface area (Å²) in [5.74, 6) is -0.681. The van der Waals surface area contributed by atoms with Gasteiger partial charge in [0.1, 0.15) is 6.23 Å². The number of fused-ring (bicyclic) bond motifs is 1. The first-order valence-corrected chi connectivity index (χ1v) is 9.31. The molecule has 1 atom stereocenters. The van der Waals surface area contributed by atoms with Crippen molar-refractivity contribution in [1.29, 1.82) is 0 Å².